The molecular formula is C20H12BrN5O3. The zero-order chi connectivity index (χ0) is 20.3. The van der Waals surface area contributed by atoms with Crippen molar-refractivity contribution in [2.24, 2.45) is 0 Å². The lowest BCUT2D eigenvalue weighted by atomic mass is 10.1. The van der Waals surface area contributed by atoms with Crippen LogP contribution in [0.2, 0.25) is 0 Å². The van der Waals surface area contributed by atoms with Gasteiger partial charge in [-0.2, -0.15) is 0 Å². The molecule has 1 aliphatic rings. The molecule has 0 saturated heterocycles. The number of aromatic amines is 1. The molecule has 2 aromatic carbocycles. The van der Waals surface area contributed by atoms with Crippen LogP contribution in [0.4, 0.5) is 5.82 Å². The third kappa shape index (κ3) is 2.66. The number of nitrogen functional groups attached to an aromatic ring is 1. The van der Waals surface area contributed by atoms with Gasteiger partial charge in [-0.05, 0) is 30.3 Å². The Balaban J connectivity index is 1.67. The van der Waals surface area contributed by atoms with E-state index in [9.17, 15) is 14.4 Å². The number of hydrogen-bond acceptors (Lipinski definition) is 5. The van der Waals surface area contributed by atoms with Crippen LogP contribution in [0.1, 0.15) is 20.7 Å². The summed E-state index contributed by atoms with van der Waals surface area (Å²) in [7, 11) is 0. The fraction of sp³-hybridized carbons (Fsp3) is 0. The summed E-state index contributed by atoms with van der Waals surface area (Å²) < 4.78 is 2.14. The predicted molar refractivity (Wildman–Crippen MR) is 111 cm³/mol. The maximum atomic E-state index is 12.6. The molecule has 2 amide bonds. The topological polar surface area (TPSA) is 123 Å². The van der Waals surface area contributed by atoms with Gasteiger partial charge >= 0.3 is 0 Å². The molecule has 0 aliphatic carbocycles. The first-order valence-electron chi connectivity index (χ1n) is 8.59. The second-order valence-corrected chi connectivity index (χ2v) is 7.49. The van der Waals surface area contributed by atoms with E-state index in [0.29, 0.717) is 11.5 Å². The molecule has 142 valence electrons. The Morgan fingerprint density at radius 2 is 1.83 bits per heavy atom. The van der Waals surface area contributed by atoms with Crippen LogP contribution in [0, 0.1) is 0 Å². The molecule has 0 saturated carbocycles. The molecule has 0 atom stereocenters. The number of nitrogens with one attached hydrogen (secondary N) is 2. The van der Waals surface area contributed by atoms with Crippen molar-refractivity contribution in [3.8, 4) is 17.1 Å². The molecule has 8 nitrogen and oxygen atoms in total. The van der Waals surface area contributed by atoms with Gasteiger partial charge in [0.2, 0.25) is 0 Å². The number of rotatable bonds is 2. The number of fused-ring (bicyclic) bond motifs is 2. The lowest BCUT2D eigenvalue weighted by Gasteiger charge is -2.12. The van der Waals surface area contributed by atoms with E-state index < -0.39 is 17.4 Å². The third-order valence-electron chi connectivity index (χ3n) is 4.78. The number of pyridine rings is 1. The van der Waals surface area contributed by atoms with Crippen molar-refractivity contribution >= 4 is 44.6 Å². The summed E-state index contributed by atoms with van der Waals surface area (Å²) in [5.74, 6) is -0.694. The molecule has 9 heteroatoms. The number of nitrogens with two attached hydrogens (primary N) is 1. The first-order valence-corrected chi connectivity index (χ1v) is 9.39. The summed E-state index contributed by atoms with van der Waals surface area (Å²) in [5.41, 5.74) is 8.47. The Bertz CT molecular complexity index is 1420. The summed E-state index contributed by atoms with van der Waals surface area (Å²) in [6.07, 6.45) is 0. The largest absolute Gasteiger partial charge is 0.384 e. The third-order valence-corrected chi connectivity index (χ3v) is 5.27. The SMILES string of the molecule is Nc1c2c(cc(=O)n1-c1cccc(-c3nc4ccc(Br)cc4[nH]3)c1)C(=O)NC2=O. The number of imidazole rings is 1. The predicted octanol–water partition coefficient (Wildman–Crippen LogP) is 2.61. The molecular weight excluding hydrogens is 438 g/mol. The van der Waals surface area contributed by atoms with Gasteiger partial charge in [-0.15, -0.1) is 0 Å². The highest BCUT2D eigenvalue weighted by Crippen LogP contribution is 2.27. The van der Waals surface area contributed by atoms with Crippen molar-refractivity contribution in [3.05, 3.63) is 74.5 Å². The lowest BCUT2D eigenvalue weighted by Crippen LogP contribution is -2.24. The smallest absolute Gasteiger partial charge is 0.262 e. The summed E-state index contributed by atoms with van der Waals surface area (Å²) in [4.78, 5) is 44.4. The van der Waals surface area contributed by atoms with E-state index >= 15 is 0 Å². The summed E-state index contributed by atoms with van der Waals surface area (Å²) in [5, 5.41) is 2.16. The minimum Gasteiger partial charge on any atom is -0.384 e. The van der Waals surface area contributed by atoms with Gasteiger partial charge in [-0.3, -0.25) is 24.3 Å². The number of halogens is 1. The van der Waals surface area contributed by atoms with Crippen molar-refractivity contribution in [2.45, 2.75) is 0 Å². The second-order valence-electron chi connectivity index (χ2n) is 6.57. The second kappa shape index (κ2) is 6.14. The van der Waals surface area contributed by atoms with Crippen LogP contribution in [0.25, 0.3) is 28.1 Å². The fourth-order valence-electron chi connectivity index (χ4n) is 3.46. The monoisotopic (exact) mass is 449 g/mol. The number of anilines is 1. The van der Waals surface area contributed by atoms with Gasteiger partial charge in [0.1, 0.15) is 11.6 Å². The minimum absolute atomic E-state index is 0.00670. The Kier molecular flexibility index (Phi) is 3.68. The van der Waals surface area contributed by atoms with E-state index in [-0.39, 0.29) is 16.9 Å². The van der Waals surface area contributed by atoms with E-state index in [2.05, 4.69) is 31.2 Å². The number of aromatic nitrogens is 3. The molecule has 0 radical (unpaired) electrons. The van der Waals surface area contributed by atoms with E-state index in [4.69, 9.17) is 5.73 Å². The number of carbonyl (C=O) groups is 2. The molecule has 0 fully saturated rings. The van der Waals surface area contributed by atoms with Gasteiger partial charge in [-0.1, -0.05) is 28.1 Å². The number of amides is 2. The van der Waals surface area contributed by atoms with Crippen molar-refractivity contribution in [3.63, 3.8) is 0 Å². The standard InChI is InChI=1S/C20H12BrN5O3/c21-10-4-5-13-14(7-10)24-18(23-13)9-2-1-3-11(6-9)26-15(27)8-12-16(17(26)22)20(29)25-19(12)28/h1-8H,22H2,(H,23,24)(H,25,28,29). The van der Waals surface area contributed by atoms with Crippen molar-refractivity contribution in [2.75, 3.05) is 5.73 Å². The maximum Gasteiger partial charge on any atom is 0.262 e. The van der Waals surface area contributed by atoms with E-state index in [1.54, 1.807) is 18.2 Å². The highest BCUT2D eigenvalue weighted by atomic mass is 79.9. The van der Waals surface area contributed by atoms with Gasteiger partial charge in [-0.25, -0.2) is 4.98 Å². The molecule has 2 aromatic heterocycles. The number of nitrogens with zero attached hydrogens (tertiary/aromatic N) is 2. The van der Waals surface area contributed by atoms with Gasteiger partial charge in [0.25, 0.3) is 17.4 Å². The van der Waals surface area contributed by atoms with Crippen LogP contribution in [0.15, 0.2) is 57.8 Å². The van der Waals surface area contributed by atoms with Crippen molar-refractivity contribution < 1.29 is 9.59 Å². The van der Waals surface area contributed by atoms with E-state index in [1.807, 2.05) is 24.3 Å². The van der Waals surface area contributed by atoms with Crippen LogP contribution < -0.4 is 16.6 Å². The Morgan fingerprint density at radius 1 is 1.00 bits per heavy atom. The zero-order valence-corrected chi connectivity index (χ0v) is 16.3. The van der Waals surface area contributed by atoms with E-state index in [0.717, 1.165) is 27.1 Å². The zero-order valence-electron chi connectivity index (χ0n) is 14.7. The molecule has 0 bridgehead atoms. The van der Waals surface area contributed by atoms with Crippen LogP contribution >= 0.6 is 15.9 Å². The van der Waals surface area contributed by atoms with Gasteiger partial charge < -0.3 is 10.7 Å². The molecule has 0 unspecified atom stereocenters. The Labute approximate surface area is 171 Å². The Hall–Kier alpha value is -3.72. The van der Waals surface area contributed by atoms with Gasteiger partial charge in [0.05, 0.1) is 27.8 Å². The summed E-state index contributed by atoms with van der Waals surface area (Å²) >= 11 is 3.43. The molecule has 1 aliphatic heterocycles. The average molecular weight is 450 g/mol. The van der Waals surface area contributed by atoms with Crippen molar-refractivity contribution in [1.82, 2.24) is 19.9 Å². The summed E-state index contributed by atoms with van der Waals surface area (Å²) in [6.45, 7) is 0. The maximum absolute atomic E-state index is 12.6. The number of imide groups is 1. The van der Waals surface area contributed by atoms with Gasteiger partial charge in [0.15, 0.2) is 0 Å². The number of H-pyrrole nitrogens is 1. The molecule has 4 aromatic rings. The van der Waals surface area contributed by atoms with Crippen LogP contribution in [0.5, 0.6) is 0 Å². The highest BCUT2D eigenvalue weighted by Gasteiger charge is 2.31. The average Bonchev–Trinajstić information content (AvgIpc) is 3.22. The van der Waals surface area contributed by atoms with Crippen LogP contribution in [-0.4, -0.2) is 26.3 Å². The lowest BCUT2D eigenvalue weighted by molar-refractivity contribution is 0.0880. The quantitative estimate of drug-likeness (QED) is 0.405. The molecule has 3 heterocycles. The van der Waals surface area contributed by atoms with E-state index in [1.165, 1.54) is 4.57 Å². The normalized spacial score (nSPS) is 13.0. The van der Waals surface area contributed by atoms with Crippen molar-refractivity contribution in [1.29, 1.82) is 0 Å². The first kappa shape index (κ1) is 17.4. The number of carbonyl (C=O) groups excluding carboxylic acids is 2. The fourth-order valence-corrected chi connectivity index (χ4v) is 3.82. The molecule has 29 heavy (non-hydrogen) atoms. The first-order chi connectivity index (χ1) is 13.9. The highest BCUT2D eigenvalue weighted by molar-refractivity contribution is 9.10. The summed E-state index contributed by atoms with van der Waals surface area (Å²) in [6, 6.07) is 13.9. The number of benzene rings is 2. The molecule has 4 N–H and O–H groups in total. The number of hydrogen-bond donors (Lipinski definition) is 3. The van der Waals surface area contributed by atoms with Crippen LogP contribution in [-0.2, 0) is 0 Å². The Morgan fingerprint density at radius 3 is 2.66 bits per heavy atom. The molecule has 0 spiro atoms. The minimum atomic E-state index is -0.622. The molecule has 5 rings (SSSR count). The van der Waals surface area contributed by atoms with Crippen LogP contribution in [0.3, 0.4) is 0 Å². The van der Waals surface area contributed by atoms with Gasteiger partial charge in [0, 0.05) is 16.1 Å².